The molecule has 0 aromatic heterocycles. The van der Waals surface area contributed by atoms with Gasteiger partial charge in [0.25, 0.3) is 0 Å². The summed E-state index contributed by atoms with van der Waals surface area (Å²) in [4.78, 5) is 0. The van der Waals surface area contributed by atoms with Crippen molar-refractivity contribution in [2.24, 2.45) is 0 Å². The van der Waals surface area contributed by atoms with Crippen molar-refractivity contribution in [1.82, 2.24) is 0 Å². The van der Waals surface area contributed by atoms with Gasteiger partial charge >= 0.3 is 0 Å². The van der Waals surface area contributed by atoms with E-state index < -0.39 is 0 Å². The summed E-state index contributed by atoms with van der Waals surface area (Å²) in [5, 5.41) is 0. The van der Waals surface area contributed by atoms with Gasteiger partial charge in [-0.1, -0.05) is 68.3 Å². The van der Waals surface area contributed by atoms with Gasteiger partial charge < -0.3 is 4.74 Å². The number of hydrogen-bond donors (Lipinski definition) is 0. The predicted octanol–water partition coefficient (Wildman–Crippen LogP) is 5.71. The maximum absolute atomic E-state index is 5.25. The zero-order chi connectivity index (χ0) is 14.9. The fourth-order valence-corrected chi connectivity index (χ4v) is 2.43. The quantitative estimate of drug-likeness (QED) is 0.590. The van der Waals surface area contributed by atoms with Gasteiger partial charge in [0, 0.05) is 0 Å². The molecule has 21 heavy (non-hydrogen) atoms. The SMILES string of the molecule is CCCCC/C=C(\c1ccccc1)c1ccc(OC)cc1. The van der Waals surface area contributed by atoms with Gasteiger partial charge in [0.1, 0.15) is 5.75 Å². The lowest BCUT2D eigenvalue weighted by molar-refractivity contribution is 0.415. The zero-order valence-corrected chi connectivity index (χ0v) is 13.0. The van der Waals surface area contributed by atoms with Crippen LogP contribution < -0.4 is 4.74 Å². The maximum atomic E-state index is 5.25. The van der Waals surface area contributed by atoms with Gasteiger partial charge in [-0.25, -0.2) is 0 Å². The molecule has 0 aliphatic heterocycles. The van der Waals surface area contributed by atoms with E-state index in [1.807, 2.05) is 12.1 Å². The van der Waals surface area contributed by atoms with E-state index in [4.69, 9.17) is 4.74 Å². The lowest BCUT2D eigenvalue weighted by Gasteiger charge is -2.10. The van der Waals surface area contributed by atoms with Gasteiger partial charge in [0.05, 0.1) is 7.11 Å². The summed E-state index contributed by atoms with van der Waals surface area (Å²) in [5.41, 5.74) is 3.84. The Morgan fingerprint density at radius 1 is 0.905 bits per heavy atom. The van der Waals surface area contributed by atoms with Gasteiger partial charge in [-0.05, 0) is 41.7 Å². The first-order valence-corrected chi connectivity index (χ1v) is 7.75. The van der Waals surface area contributed by atoms with E-state index in [1.165, 1.54) is 36.0 Å². The summed E-state index contributed by atoms with van der Waals surface area (Å²) >= 11 is 0. The Morgan fingerprint density at radius 2 is 1.57 bits per heavy atom. The summed E-state index contributed by atoms with van der Waals surface area (Å²) in [6, 6.07) is 18.9. The van der Waals surface area contributed by atoms with Crippen LogP contribution in [0.4, 0.5) is 0 Å². The highest BCUT2D eigenvalue weighted by Crippen LogP contribution is 2.26. The number of benzene rings is 2. The van der Waals surface area contributed by atoms with Crippen molar-refractivity contribution < 1.29 is 4.74 Å². The molecule has 0 aliphatic carbocycles. The van der Waals surface area contributed by atoms with Crippen LogP contribution in [0.15, 0.2) is 60.7 Å². The number of hydrogen-bond acceptors (Lipinski definition) is 1. The molecule has 0 amide bonds. The molecule has 0 fully saturated rings. The summed E-state index contributed by atoms with van der Waals surface area (Å²) in [7, 11) is 1.70. The number of ether oxygens (including phenoxy) is 1. The zero-order valence-electron chi connectivity index (χ0n) is 13.0. The van der Waals surface area contributed by atoms with Crippen LogP contribution >= 0.6 is 0 Å². The molecule has 2 aromatic carbocycles. The fourth-order valence-electron chi connectivity index (χ4n) is 2.43. The Balaban J connectivity index is 2.26. The molecule has 2 rings (SSSR count). The molecular formula is C20H24O. The Kier molecular flexibility index (Phi) is 6.08. The first kappa shape index (κ1) is 15.4. The van der Waals surface area contributed by atoms with E-state index in [1.54, 1.807) is 7.11 Å². The molecule has 0 N–H and O–H groups in total. The van der Waals surface area contributed by atoms with Crippen LogP contribution in [0.5, 0.6) is 5.75 Å². The topological polar surface area (TPSA) is 9.23 Å². The minimum absolute atomic E-state index is 0.900. The number of unbranched alkanes of at least 4 members (excludes halogenated alkanes) is 3. The lowest BCUT2D eigenvalue weighted by atomic mass is 9.96. The molecule has 1 nitrogen and oxygen atoms in total. The van der Waals surface area contributed by atoms with Crippen LogP contribution in [0, 0.1) is 0 Å². The molecule has 0 bridgehead atoms. The van der Waals surface area contributed by atoms with Gasteiger partial charge in [0.15, 0.2) is 0 Å². The van der Waals surface area contributed by atoms with Crippen LogP contribution in [-0.4, -0.2) is 7.11 Å². The van der Waals surface area contributed by atoms with E-state index in [0.717, 1.165) is 12.2 Å². The molecule has 110 valence electrons. The summed E-state index contributed by atoms with van der Waals surface area (Å²) in [6.07, 6.45) is 7.30. The van der Waals surface area contributed by atoms with Crippen molar-refractivity contribution in [3.63, 3.8) is 0 Å². The molecule has 0 saturated carbocycles. The third-order valence-electron chi connectivity index (χ3n) is 3.64. The first-order valence-electron chi connectivity index (χ1n) is 7.75. The smallest absolute Gasteiger partial charge is 0.118 e. The highest BCUT2D eigenvalue weighted by molar-refractivity contribution is 5.79. The van der Waals surface area contributed by atoms with Crippen molar-refractivity contribution in [1.29, 1.82) is 0 Å². The second kappa shape index (κ2) is 8.31. The third kappa shape index (κ3) is 4.49. The molecule has 0 radical (unpaired) electrons. The molecule has 0 spiro atoms. The van der Waals surface area contributed by atoms with E-state index in [2.05, 4.69) is 55.5 Å². The van der Waals surface area contributed by atoms with Crippen molar-refractivity contribution in [2.45, 2.75) is 32.6 Å². The average Bonchev–Trinajstić information content (AvgIpc) is 2.56. The van der Waals surface area contributed by atoms with Crippen molar-refractivity contribution >= 4 is 5.57 Å². The van der Waals surface area contributed by atoms with Gasteiger partial charge in [-0.2, -0.15) is 0 Å². The minimum atomic E-state index is 0.900. The van der Waals surface area contributed by atoms with Gasteiger partial charge in [0.2, 0.25) is 0 Å². The largest absolute Gasteiger partial charge is 0.497 e. The van der Waals surface area contributed by atoms with Crippen molar-refractivity contribution in [3.05, 3.63) is 71.8 Å². The fraction of sp³-hybridized carbons (Fsp3) is 0.300. The molecule has 0 saturated heterocycles. The number of allylic oxidation sites excluding steroid dienone is 1. The Bertz CT molecular complexity index is 552. The third-order valence-corrected chi connectivity index (χ3v) is 3.64. The molecule has 0 heterocycles. The van der Waals surface area contributed by atoms with Crippen LogP contribution in [0.2, 0.25) is 0 Å². The van der Waals surface area contributed by atoms with Crippen molar-refractivity contribution in [2.75, 3.05) is 7.11 Å². The van der Waals surface area contributed by atoms with Crippen LogP contribution in [0.25, 0.3) is 5.57 Å². The van der Waals surface area contributed by atoms with E-state index in [-0.39, 0.29) is 0 Å². The molecule has 1 heteroatoms. The molecule has 0 atom stereocenters. The minimum Gasteiger partial charge on any atom is -0.497 e. The molecular weight excluding hydrogens is 256 g/mol. The highest BCUT2D eigenvalue weighted by atomic mass is 16.5. The average molecular weight is 280 g/mol. The lowest BCUT2D eigenvalue weighted by Crippen LogP contribution is -1.89. The van der Waals surface area contributed by atoms with Crippen LogP contribution in [0.1, 0.15) is 43.7 Å². The molecule has 0 unspecified atom stereocenters. The molecule has 0 aliphatic rings. The molecule has 2 aromatic rings. The standard InChI is InChI=1S/C20H24O/c1-3-4-5-9-12-20(17-10-7-6-8-11-17)18-13-15-19(21-2)16-14-18/h6-8,10-16H,3-5,9H2,1-2H3/b20-12+. The second-order valence-electron chi connectivity index (χ2n) is 5.21. The second-order valence-corrected chi connectivity index (χ2v) is 5.21. The Hall–Kier alpha value is -2.02. The van der Waals surface area contributed by atoms with Gasteiger partial charge in [-0.15, -0.1) is 0 Å². The van der Waals surface area contributed by atoms with Gasteiger partial charge in [-0.3, -0.25) is 0 Å². The number of methoxy groups -OCH3 is 1. The predicted molar refractivity (Wildman–Crippen MR) is 90.7 cm³/mol. The summed E-state index contributed by atoms with van der Waals surface area (Å²) in [6.45, 7) is 2.24. The Labute approximate surface area is 128 Å². The normalized spacial score (nSPS) is 11.4. The summed E-state index contributed by atoms with van der Waals surface area (Å²) in [5.74, 6) is 0.900. The highest BCUT2D eigenvalue weighted by Gasteiger charge is 2.04. The maximum Gasteiger partial charge on any atom is 0.118 e. The van der Waals surface area contributed by atoms with Crippen LogP contribution in [-0.2, 0) is 0 Å². The number of rotatable bonds is 7. The monoisotopic (exact) mass is 280 g/mol. The van der Waals surface area contributed by atoms with E-state index in [9.17, 15) is 0 Å². The van der Waals surface area contributed by atoms with Crippen LogP contribution in [0.3, 0.4) is 0 Å². The summed E-state index contributed by atoms with van der Waals surface area (Å²) < 4.78 is 5.25. The Morgan fingerprint density at radius 3 is 2.19 bits per heavy atom. The van der Waals surface area contributed by atoms with E-state index >= 15 is 0 Å². The first-order chi connectivity index (χ1) is 10.3. The van der Waals surface area contributed by atoms with E-state index in [0.29, 0.717) is 0 Å². The van der Waals surface area contributed by atoms with Crippen molar-refractivity contribution in [3.8, 4) is 5.75 Å².